The van der Waals surface area contributed by atoms with Crippen LogP contribution in [0, 0.1) is 5.92 Å². The molecule has 0 aromatic heterocycles. The van der Waals surface area contributed by atoms with Crippen LogP contribution in [0.4, 0.5) is 4.79 Å². The number of nitrogens with one attached hydrogen (secondary N) is 1. The highest BCUT2D eigenvalue weighted by atomic mass is 16.5. The van der Waals surface area contributed by atoms with Crippen molar-refractivity contribution in [2.45, 2.75) is 38.9 Å². The minimum Gasteiger partial charge on any atom is -0.445 e. The molecular formula is C21H27NO3. The minimum atomic E-state index is -0.453. The summed E-state index contributed by atoms with van der Waals surface area (Å²) in [5.41, 5.74) is 2.10. The van der Waals surface area contributed by atoms with E-state index < -0.39 is 12.2 Å². The van der Waals surface area contributed by atoms with Crippen LogP contribution in [0.2, 0.25) is 0 Å². The molecule has 25 heavy (non-hydrogen) atoms. The molecule has 0 aliphatic carbocycles. The molecule has 0 heterocycles. The maximum Gasteiger partial charge on any atom is 0.407 e. The molecule has 2 N–H and O–H groups in total. The summed E-state index contributed by atoms with van der Waals surface area (Å²) < 4.78 is 5.24. The fourth-order valence-electron chi connectivity index (χ4n) is 2.78. The van der Waals surface area contributed by atoms with Crippen LogP contribution in [-0.2, 0) is 17.8 Å². The zero-order chi connectivity index (χ0) is 17.9. The van der Waals surface area contributed by atoms with E-state index in [1.807, 2.05) is 67.6 Å². The predicted octanol–water partition coefficient (Wildman–Crippen LogP) is 3.93. The lowest BCUT2D eigenvalue weighted by atomic mass is 9.91. The molecule has 2 aromatic carbocycles. The van der Waals surface area contributed by atoms with E-state index >= 15 is 0 Å². The smallest absolute Gasteiger partial charge is 0.407 e. The number of alkyl carbamates (subject to hydrolysis) is 1. The zero-order valence-electron chi connectivity index (χ0n) is 14.7. The van der Waals surface area contributed by atoms with Gasteiger partial charge in [0.1, 0.15) is 6.61 Å². The number of aliphatic hydroxyl groups is 1. The highest BCUT2D eigenvalue weighted by Crippen LogP contribution is 2.16. The summed E-state index contributed by atoms with van der Waals surface area (Å²) in [4.78, 5) is 11.9. The van der Waals surface area contributed by atoms with E-state index in [-0.39, 0.29) is 12.5 Å². The summed E-state index contributed by atoms with van der Waals surface area (Å²) in [6.07, 6.45) is 1.45. The molecule has 2 rings (SSSR count). The van der Waals surface area contributed by atoms with Gasteiger partial charge in [-0.25, -0.2) is 4.79 Å². The average Bonchev–Trinajstić information content (AvgIpc) is 2.65. The Bertz CT molecular complexity index is 616. The lowest BCUT2D eigenvalue weighted by Gasteiger charge is -2.23. The van der Waals surface area contributed by atoms with Crippen LogP contribution in [0.3, 0.4) is 0 Å². The molecule has 0 saturated heterocycles. The Labute approximate surface area is 149 Å². The van der Waals surface area contributed by atoms with Crippen LogP contribution >= 0.6 is 0 Å². The first-order chi connectivity index (χ1) is 12.2. The lowest BCUT2D eigenvalue weighted by Crippen LogP contribution is -2.36. The number of hydrogen-bond donors (Lipinski definition) is 2. The molecule has 0 fully saturated rings. The van der Waals surface area contributed by atoms with Crippen LogP contribution in [0.15, 0.2) is 60.7 Å². The quantitative estimate of drug-likeness (QED) is 0.726. The van der Waals surface area contributed by atoms with Gasteiger partial charge in [0.15, 0.2) is 0 Å². The Morgan fingerprint density at radius 3 is 2.24 bits per heavy atom. The highest BCUT2D eigenvalue weighted by Gasteiger charge is 2.20. The van der Waals surface area contributed by atoms with Gasteiger partial charge >= 0.3 is 6.09 Å². The predicted molar refractivity (Wildman–Crippen MR) is 99.2 cm³/mol. The molecule has 1 amide bonds. The first-order valence-electron chi connectivity index (χ1n) is 8.85. The van der Waals surface area contributed by atoms with Crippen LogP contribution in [0.1, 0.15) is 30.9 Å². The fourth-order valence-corrected chi connectivity index (χ4v) is 2.78. The molecule has 134 valence electrons. The molecule has 0 aliphatic rings. The van der Waals surface area contributed by atoms with Gasteiger partial charge in [-0.3, -0.25) is 0 Å². The van der Waals surface area contributed by atoms with Crippen molar-refractivity contribution >= 4 is 6.09 Å². The number of ether oxygens (including phenoxy) is 1. The van der Waals surface area contributed by atoms with Crippen LogP contribution < -0.4 is 5.32 Å². The van der Waals surface area contributed by atoms with E-state index in [2.05, 4.69) is 5.32 Å². The monoisotopic (exact) mass is 341 g/mol. The van der Waals surface area contributed by atoms with E-state index in [1.54, 1.807) is 0 Å². The topological polar surface area (TPSA) is 58.6 Å². The third-order valence-corrected chi connectivity index (χ3v) is 4.19. The summed E-state index contributed by atoms with van der Waals surface area (Å²) in [6.45, 7) is 2.68. The van der Waals surface area contributed by atoms with Crippen molar-refractivity contribution < 1.29 is 14.6 Å². The Kier molecular flexibility index (Phi) is 7.99. The number of amides is 1. The molecule has 2 atom stereocenters. The van der Waals surface area contributed by atoms with Gasteiger partial charge < -0.3 is 15.2 Å². The van der Waals surface area contributed by atoms with E-state index in [1.165, 1.54) is 0 Å². The van der Waals surface area contributed by atoms with Gasteiger partial charge in [0, 0.05) is 12.5 Å². The van der Waals surface area contributed by atoms with E-state index in [4.69, 9.17) is 4.74 Å². The SMILES string of the molecule is CCC[C@@H](O)[C@@H](CNC(=O)OCc1ccccc1)Cc1ccccc1. The largest absolute Gasteiger partial charge is 0.445 e. The average molecular weight is 341 g/mol. The molecule has 0 unspecified atom stereocenters. The van der Waals surface area contributed by atoms with Gasteiger partial charge in [-0.15, -0.1) is 0 Å². The maximum absolute atomic E-state index is 11.9. The molecule has 0 radical (unpaired) electrons. The van der Waals surface area contributed by atoms with Crippen molar-refractivity contribution in [1.29, 1.82) is 0 Å². The van der Waals surface area contributed by atoms with Gasteiger partial charge in [-0.1, -0.05) is 74.0 Å². The van der Waals surface area contributed by atoms with Gasteiger partial charge in [0.25, 0.3) is 0 Å². The second kappa shape index (κ2) is 10.5. The van der Waals surface area contributed by atoms with Gasteiger partial charge in [0.2, 0.25) is 0 Å². The molecule has 0 aliphatic heterocycles. The first-order valence-corrected chi connectivity index (χ1v) is 8.85. The van der Waals surface area contributed by atoms with Gasteiger partial charge in [-0.2, -0.15) is 0 Å². The molecule has 2 aromatic rings. The summed E-state index contributed by atoms with van der Waals surface area (Å²) in [5, 5.41) is 13.2. The second-order valence-electron chi connectivity index (χ2n) is 6.25. The van der Waals surface area contributed by atoms with E-state index in [9.17, 15) is 9.90 Å². The Morgan fingerprint density at radius 2 is 1.64 bits per heavy atom. The Hall–Kier alpha value is -2.33. The summed E-state index contributed by atoms with van der Waals surface area (Å²) in [7, 11) is 0. The fraction of sp³-hybridized carbons (Fsp3) is 0.381. The van der Waals surface area contributed by atoms with E-state index in [0.717, 1.165) is 30.4 Å². The third-order valence-electron chi connectivity index (χ3n) is 4.19. The summed E-state index contributed by atoms with van der Waals surface area (Å²) >= 11 is 0. The normalized spacial score (nSPS) is 13.0. The van der Waals surface area contributed by atoms with Crippen LogP contribution in [0.25, 0.3) is 0 Å². The molecule has 4 heteroatoms. The number of hydrogen-bond acceptors (Lipinski definition) is 3. The molecule has 0 saturated carbocycles. The number of carbonyl (C=O) groups excluding carboxylic acids is 1. The van der Waals surface area contributed by atoms with Crippen LogP contribution in [0.5, 0.6) is 0 Å². The van der Waals surface area contributed by atoms with Crippen molar-refractivity contribution in [2.75, 3.05) is 6.54 Å². The van der Waals surface area contributed by atoms with Crippen molar-refractivity contribution in [3.05, 3.63) is 71.8 Å². The minimum absolute atomic E-state index is 0.0355. The molecule has 0 spiro atoms. The number of aliphatic hydroxyl groups excluding tert-OH is 1. The third kappa shape index (κ3) is 6.98. The van der Waals surface area contributed by atoms with Crippen molar-refractivity contribution in [3.63, 3.8) is 0 Å². The van der Waals surface area contributed by atoms with E-state index in [0.29, 0.717) is 6.54 Å². The number of carbonyl (C=O) groups is 1. The number of rotatable bonds is 9. The standard InChI is InChI=1S/C21H27NO3/c1-2-9-20(23)19(14-17-10-5-3-6-11-17)15-22-21(24)25-16-18-12-7-4-8-13-18/h3-8,10-13,19-20,23H,2,9,14-16H2,1H3,(H,22,24)/t19-,20-/m1/s1. The van der Waals surface area contributed by atoms with Gasteiger partial charge in [0.05, 0.1) is 6.10 Å². The molecule has 0 bridgehead atoms. The number of benzene rings is 2. The van der Waals surface area contributed by atoms with Gasteiger partial charge in [-0.05, 0) is 24.0 Å². The van der Waals surface area contributed by atoms with Crippen molar-refractivity contribution in [3.8, 4) is 0 Å². The summed E-state index contributed by atoms with van der Waals surface area (Å²) in [5.74, 6) is -0.0355. The van der Waals surface area contributed by atoms with Crippen molar-refractivity contribution in [1.82, 2.24) is 5.32 Å². The second-order valence-corrected chi connectivity index (χ2v) is 6.25. The Balaban J connectivity index is 1.84. The highest BCUT2D eigenvalue weighted by molar-refractivity contribution is 5.67. The van der Waals surface area contributed by atoms with Crippen LogP contribution in [-0.4, -0.2) is 23.8 Å². The summed E-state index contributed by atoms with van der Waals surface area (Å²) in [6, 6.07) is 19.6. The first kappa shape index (κ1) is 19.0. The van der Waals surface area contributed by atoms with Crippen molar-refractivity contribution in [2.24, 2.45) is 5.92 Å². The Morgan fingerprint density at radius 1 is 1.04 bits per heavy atom. The zero-order valence-corrected chi connectivity index (χ0v) is 14.7. The molecular weight excluding hydrogens is 314 g/mol. The lowest BCUT2D eigenvalue weighted by molar-refractivity contribution is 0.0921. The molecule has 4 nitrogen and oxygen atoms in total. The maximum atomic E-state index is 11.9.